The number of hydrogen-bond donors (Lipinski definition) is 3. The Morgan fingerprint density at radius 2 is 1.77 bits per heavy atom. The third kappa shape index (κ3) is 8.68. The number of halogens is 1. The Kier molecular flexibility index (Phi) is 11.3. The van der Waals surface area contributed by atoms with E-state index in [-0.39, 0.29) is 30.3 Å². The summed E-state index contributed by atoms with van der Waals surface area (Å²) in [6.07, 6.45) is 5.15. The molecule has 0 aliphatic carbocycles. The number of ether oxygens (including phenoxy) is 1. The SMILES string of the molecule is CC[C@H](N)C(=O)N[C@H](C=CC(=O)Nc1ccc(OC)cc1)CCc1ccccc1.Cl. The van der Waals surface area contributed by atoms with Gasteiger partial charge in [-0.15, -0.1) is 12.4 Å². The summed E-state index contributed by atoms with van der Waals surface area (Å²) in [5.74, 6) is 0.231. The Labute approximate surface area is 184 Å². The summed E-state index contributed by atoms with van der Waals surface area (Å²) in [6.45, 7) is 1.86. The number of methoxy groups -OCH3 is 1. The molecular formula is C23H30ClN3O3. The summed E-state index contributed by atoms with van der Waals surface area (Å²) in [5, 5.41) is 5.72. The summed E-state index contributed by atoms with van der Waals surface area (Å²) in [7, 11) is 1.59. The predicted molar refractivity (Wildman–Crippen MR) is 123 cm³/mol. The van der Waals surface area contributed by atoms with Crippen LogP contribution in [0.3, 0.4) is 0 Å². The molecule has 2 aromatic rings. The van der Waals surface area contributed by atoms with Crippen molar-refractivity contribution in [3.8, 4) is 5.75 Å². The van der Waals surface area contributed by atoms with Crippen molar-refractivity contribution in [1.29, 1.82) is 0 Å². The van der Waals surface area contributed by atoms with Crippen LogP contribution in [0.5, 0.6) is 5.75 Å². The van der Waals surface area contributed by atoms with Gasteiger partial charge >= 0.3 is 0 Å². The molecule has 0 unspecified atom stereocenters. The minimum absolute atomic E-state index is 0. The lowest BCUT2D eigenvalue weighted by Gasteiger charge is -2.18. The maximum Gasteiger partial charge on any atom is 0.248 e. The van der Waals surface area contributed by atoms with Crippen LogP contribution in [-0.2, 0) is 16.0 Å². The number of amides is 2. The molecule has 7 heteroatoms. The molecule has 0 aromatic heterocycles. The van der Waals surface area contributed by atoms with E-state index < -0.39 is 6.04 Å². The summed E-state index contributed by atoms with van der Waals surface area (Å²) < 4.78 is 5.10. The summed E-state index contributed by atoms with van der Waals surface area (Å²) in [6, 6.07) is 16.2. The first-order chi connectivity index (χ1) is 14.0. The molecule has 2 atom stereocenters. The molecule has 162 valence electrons. The van der Waals surface area contributed by atoms with E-state index in [1.165, 1.54) is 11.6 Å². The molecule has 30 heavy (non-hydrogen) atoms. The maximum atomic E-state index is 12.3. The van der Waals surface area contributed by atoms with Gasteiger partial charge in [-0.25, -0.2) is 0 Å². The fourth-order valence-electron chi connectivity index (χ4n) is 2.72. The van der Waals surface area contributed by atoms with Gasteiger partial charge in [-0.3, -0.25) is 9.59 Å². The van der Waals surface area contributed by atoms with Crippen molar-refractivity contribution >= 4 is 29.9 Å². The van der Waals surface area contributed by atoms with Gasteiger partial charge in [0.05, 0.1) is 13.2 Å². The van der Waals surface area contributed by atoms with Gasteiger partial charge in [-0.05, 0) is 49.1 Å². The highest BCUT2D eigenvalue weighted by atomic mass is 35.5. The van der Waals surface area contributed by atoms with Crippen molar-refractivity contribution in [3.63, 3.8) is 0 Å². The number of nitrogens with one attached hydrogen (secondary N) is 2. The zero-order valence-electron chi connectivity index (χ0n) is 17.3. The Morgan fingerprint density at radius 1 is 1.10 bits per heavy atom. The van der Waals surface area contributed by atoms with Gasteiger partial charge in [0, 0.05) is 17.8 Å². The monoisotopic (exact) mass is 431 g/mol. The summed E-state index contributed by atoms with van der Waals surface area (Å²) in [4.78, 5) is 24.5. The first-order valence-electron chi connectivity index (χ1n) is 9.75. The van der Waals surface area contributed by atoms with E-state index in [9.17, 15) is 9.59 Å². The topological polar surface area (TPSA) is 93.5 Å². The van der Waals surface area contributed by atoms with E-state index in [4.69, 9.17) is 10.5 Å². The lowest BCUT2D eigenvalue weighted by Crippen LogP contribution is -2.44. The molecule has 0 saturated carbocycles. The second-order valence-corrected chi connectivity index (χ2v) is 6.73. The maximum absolute atomic E-state index is 12.3. The molecule has 0 aliphatic heterocycles. The fraction of sp³-hybridized carbons (Fsp3) is 0.304. The second kappa shape index (κ2) is 13.4. The molecule has 0 aliphatic rings. The molecule has 2 rings (SSSR count). The minimum Gasteiger partial charge on any atom is -0.497 e. The molecule has 6 nitrogen and oxygen atoms in total. The Balaban J connectivity index is 0.00000450. The zero-order valence-corrected chi connectivity index (χ0v) is 18.2. The number of rotatable bonds is 10. The van der Waals surface area contributed by atoms with Crippen molar-refractivity contribution in [2.24, 2.45) is 5.73 Å². The van der Waals surface area contributed by atoms with E-state index >= 15 is 0 Å². The predicted octanol–water partition coefficient (Wildman–Crippen LogP) is 3.47. The lowest BCUT2D eigenvalue weighted by atomic mass is 10.0. The number of anilines is 1. The standard InChI is InChI=1S/C23H29N3O3.ClH/c1-3-21(24)23(28)26-19(10-9-17-7-5-4-6-8-17)13-16-22(27)25-18-11-14-20(29-2)15-12-18;/h4-8,11-16,19,21H,3,9-10,24H2,1-2H3,(H,25,27)(H,26,28);1H/t19-,21-;/m0./s1. The molecule has 0 heterocycles. The quantitative estimate of drug-likeness (QED) is 0.502. The number of hydrogen-bond acceptors (Lipinski definition) is 4. The first-order valence-corrected chi connectivity index (χ1v) is 9.75. The number of aryl methyl sites for hydroxylation is 1. The van der Waals surface area contributed by atoms with Gasteiger partial charge in [-0.1, -0.05) is 43.3 Å². The Hall–Kier alpha value is -2.83. The molecule has 2 aromatic carbocycles. The molecule has 0 radical (unpaired) electrons. The number of carbonyl (C=O) groups excluding carboxylic acids is 2. The summed E-state index contributed by atoms with van der Waals surface area (Å²) in [5.41, 5.74) is 7.66. The van der Waals surface area contributed by atoms with Crippen LogP contribution in [0.4, 0.5) is 5.69 Å². The van der Waals surface area contributed by atoms with Crippen molar-refractivity contribution in [2.75, 3.05) is 12.4 Å². The highest BCUT2D eigenvalue weighted by Gasteiger charge is 2.15. The fourth-order valence-corrected chi connectivity index (χ4v) is 2.72. The average Bonchev–Trinajstić information content (AvgIpc) is 2.76. The van der Waals surface area contributed by atoms with Crippen LogP contribution in [0.1, 0.15) is 25.3 Å². The van der Waals surface area contributed by atoms with Crippen molar-refractivity contribution in [1.82, 2.24) is 5.32 Å². The van der Waals surface area contributed by atoms with E-state index in [2.05, 4.69) is 10.6 Å². The van der Waals surface area contributed by atoms with Gasteiger partial charge in [0.1, 0.15) is 5.75 Å². The van der Waals surface area contributed by atoms with Crippen LogP contribution in [0.25, 0.3) is 0 Å². The lowest BCUT2D eigenvalue weighted by molar-refractivity contribution is -0.123. The summed E-state index contributed by atoms with van der Waals surface area (Å²) >= 11 is 0. The van der Waals surface area contributed by atoms with Crippen molar-refractivity contribution < 1.29 is 14.3 Å². The van der Waals surface area contributed by atoms with E-state index in [1.54, 1.807) is 37.5 Å². The Morgan fingerprint density at radius 3 is 2.37 bits per heavy atom. The molecule has 0 fully saturated rings. The van der Waals surface area contributed by atoms with Gasteiger partial charge < -0.3 is 21.1 Å². The molecule has 0 spiro atoms. The highest BCUT2D eigenvalue weighted by molar-refractivity contribution is 5.99. The Bertz CT molecular complexity index is 810. The van der Waals surface area contributed by atoms with E-state index in [0.29, 0.717) is 18.5 Å². The zero-order chi connectivity index (χ0) is 21.1. The van der Waals surface area contributed by atoms with Gasteiger partial charge in [0.2, 0.25) is 11.8 Å². The van der Waals surface area contributed by atoms with E-state index in [0.717, 1.165) is 12.2 Å². The third-order valence-corrected chi connectivity index (χ3v) is 4.53. The van der Waals surface area contributed by atoms with Gasteiger partial charge in [0.25, 0.3) is 0 Å². The molecule has 0 bridgehead atoms. The number of carbonyl (C=O) groups is 2. The average molecular weight is 432 g/mol. The van der Waals surface area contributed by atoms with Crippen LogP contribution in [-0.4, -0.2) is 31.0 Å². The normalized spacial score (nSPS) is 12.5. The van der Waals surface area contributed by atoms with Crippen LogP contribution in [0.15, 0.2) is 66.7 Å². The second-order valence-electron chi connectivity index (χ2n) is 6.73. The molecular weight excluding hydrogens is 402 g/mol. The largest absolute Gasteiger partial charge is 0.497 e. The first kappa shape index (κ1) is 25.2. The van der Waals surface area contributed by atoms with Crippen molar-refractivity contribution in [3.05, 3.63) is 72.3 Å². The highest BCUT2D eigenvalue weighted by Crippen LogP contribution is 2.15. The van der Waals surface area contributed by atoms with E-state index in [1.807, 2.05) is 37.3 Å². The van der Waals surface area contributed by atoms with Crippen LogP contribution in [0, 0.1) is 0 Å². The molecule has 0 saturated heterocycles. The molecule has 2 amide bonds. The van der Waals surface area contributed by atoms with Crippen LogP contribution >= 0.6 is 12.4 Å². The number of benzene rings is 2. The minimum atomic E-state index is -0.559. The third-order valence-electron chi connectivity index (χ3n) is 4.53. The molecule has 4 N–H and O–H groups in total. The van der Waals surface area contributed by atoms with Gasteiger partial charge in [0.15, 0.2) is 0 Å². The van der Waals surface area contributed by atoms with Crippen molar-refractivity contribution in [2.45, 2.75) is 38.3 Å². The smallest absolute Gasteiger partial charge is 0.248 e. The number of nitrogens with two attached hydrogens (primary N) is 1. The van der Waals surface area contributed by atoms with Crippen LogP contribution < -0.4 is 21.1 Å². The van der Waals surface area contributed by atoms with Gasteiger partial charge in [-0.2, -0.15) is 0 Å². The van der Waals surface area contributed by atoms with Crippen LogP contribution in [0.2, 0.25) is 0 Å².